The van der Waals surface area contributed by atoms with Gasteiger partial charge in [0.1, 0.15) is 0 Å². The Morgan fingerprint density at radius 3 is 3.00 bits per heavy atom. The average molecular weight is 332 g/mol. The van der Waals surface area contributed by atoms with Crippen molar-refractivity contribution in [2.45, 2.75) is 24.9 Å². The molecule has 0 aliphatic carbocycles. The maximum absolute atomic E-state index is 12.0. The minimum atomic E-state index is -0.943. The van der Waals surface area contributed by atoms with Crippen molar-refractivity contribution in [3.63, 3.8) is 0 Å². The van der Waals surface area contributed by atoms with Gasteiger partial charge >= 0.3 is 0 Å². The number of nitrogens with zero attached hydrogens (tertiary/aromatic N) is 3. The maximum Gasteiger partial charge on any atom is 0.225 e. The molecule has 1 amide bonds. The highest BCUT2D eigenvalue weighted by atomic mass is 32.1. The average Bonchev–Trinajstić information content (AvgIpc) is 3.07. The molecule has 7 heteroatoms. The number of amides is 1. The first-order valence-corrected chi connectivity index (χ1v) is 8.61. The number of aliphatic hydroxyl groups is 1. The predicted molar refractivity (Wildman–Crippen MR) is 89.5 cm³/mol. The maximum atomic E-state index is 12.0. The van der Waals surface area contributed by atoms with Crippen LogP contribution in [0.15, 0.2) is 35.3 Å². The Kier molecular flexibility index (Phi) is 4.88. The molecular formula is C16H20N4O2S. The molecule has 2 aromatic heterocycles. The molecule has 1 aliphatic heterocycles. The molecule has 122 valence electrons. The number of hydrogen-bond donors (Lipinski definition) is 2. The summed E-state index contributed by atoms with van der Waals surface area (Å²) in [7, 11) is 0. The fraction of sp³-hybridized carbons (Fsp3) is 0.438. The first kappa shape index (κ1) is 15.9. The summed E-state index contributed by atoms with van der Waals surface area (Å²) < 4.78 is 0. The second kappa shape index (κ2) is 7.06. The van der Waals surface area contributed by atoms with E-state index < -0.39 is 5.60 Å². The first-order chi connectivity index (χ1) is 11.1. The Morgan fingerprint density at radius 1 is 1.43 bits per heavy atom. The molecule has 1 atom stereocenters. The van der Waals surface area contributed by atoms with E-state index in [1.165, 1.54) is 0 Å². The summed E-state index contributed by atoms with van der Waals surface area (Å²) in [5.74, 6) is 0.556. The first-order valence-electron chi connectivity index (χ1n) is 7.67. The van der Waals surface area contributed by atoms with Crippen molar-refractivity contribution < 1.29 is 9.90 Å². The van der Waals surface area contributed by atoms with Gasteiger partial charge in [0, 0.05) is 25.5 Å². The zero-order valence-electron chi connectivity index (χ0n) is 12.8. The van der Waals surface area contributed by atoms with Crippen LogP contribution >= 0.6 is 11.3 Å². The SMILES string of the molecule is O=C(Cc1ccsc1)NC[C@@]1(O)CCCN(c2ncccn2)C1. The standard InChI is InChI=1S/C16H20N4O2S/c21-14(9-13-3-8-23-10-13)19-11-16(22)4-1-7-20(12-16)15-17-5-2-6-18-15/h2-3,5-6,8,10,22H,1,4,7,9,11-12H2,(H,19,21)/t16-/m0/s1. The van der Waals surface area contributed by atoms with Crippen LogP contribution in [0.5, 0.6) is 0 Å². The van der Waals surface area contributed by atoms with Crippen LogP contribution in [0.3, 0.4) is 0 Å². The van der Waals surface area contributed by atoms with Crippen molar-refractivity contribution in [1.29, 1.82) is 0 Å². The molecule has 6 nitrogen and oxygen atoms in total. The second-order valence-corrected chi connectivity index (χ2v) is 6.66. The largest absolute Gasteiger partial charge is 0.386 e. The molecule has 2 aromatic rings. The lowest BCUT2D eigenvalue weighted by atomic mass is 9.93. The zero-order valence-corrected chi connectivity index (χ0v) is 13.6. The van der Waals surface area contributed by atoms with E-state index in [1.807, 2.05) is 21.7 Å². The van der Waals surface area contributed by atoms with E-state index in [0.717, 1.165) is 18.5 Å². The molecule has 0 unspecified atom stereocenters. The van der Waals surface area contributed by atoms with E-state index in [1.54, 1.807) is 29.8 Å². The molecule has 3 heterocycles. The van der Waals surface area contributed by atoms with Gasteiger partial charge in [-0.3, -0.25) is 4.79 Å². The van der Waals surface area contributed by atoms with Crippen LogP contribution in [0.2, 0.25) is 0 Å². The van der Waals surface area contributed by atoms with E-state index in [0.29, 0.717) is 25.3 Å². The molecule has 3 rings (SSSR count). The molecule has 0 aromatic carbocycles. The fourth-order valence-electron chi connectivity index (χ4n) is 2.79. The van der Waals surface area contributed by atoms with E-state index in [-0.39, 0.29) is 12.5 Å². The monoisotopic (exact) mass is 332 g/mol. The number of thiophene rings is 1. The van der Waals surface area contributed by atoms with Crippen LogP contribution in [0.25, 0.3) is 0 Å². The fourth-order valence-corrected chi connectivity index (χ4v) is 3.45. The summed E-state index contributed by atoms with van der Waals surface area (Å²) in [6, 6.07) is 3.71. The Hall–Kier alpha value is -1.99. The third kappa shape index (κ3) is 4.27. The number of carbonyl (C=O) groups excluding carboxylic acids is 1. The summed E-state index contributed by atoms with van der Waals surface area (Å²) in [4.78, 5) is 22.4. The van der Waals surface area contributed by atoms with Crippen LogP contribution in [0.1, 0.15) is 18.4 Å². The summed E-state index contributed by atoms with van der Waals surface area (Å²) in [5, 5.41) is 17.5. The van der Waals surface area contributed by atoms with Gasteiger partial charge in [0.25, 0.3) is 0 Å². The van der Waals surface area contributed by atoms with Gasteiger partial charge in [-0.05, 0) is 41.3 Å². The van der Waals surface area contributed by atoms with E-state index in [9.17, 15) is 9.90 Å². The topological polar surface area (TPSA) is 78.4 Å². The van der Waals surface area contributed by atoms with Crippen LogP contribution in [0, 0.1) is 0 Å². The zero-order chi connectivity index (χ0) is 16.1. The molecule has 0 bridgehead atoms. The molecule has 1 aliphatic rings. The number of aromatic nitrogens is 2. The highest BCUT2D eigenvalue weighted by molar-refractivity contribution is 7.07. The van der Waals surface area contributed by atoms with Gasteiger partial charge in [-0.15, -0.1) is 0 Å². The third-order valence-corrected chi connectivity index (χ3v) is 4.68. The van der Waals surface area contributed by atoms with Crippen molar-refractivity contribution in [3.05, 3.63) is 40.8 Å². The Labute approximate surface area is 139 Å². The summed E-state index contributed by atoms with van der Waals surface area (Å²) >= 11 is 1.57. The lowest BCUT2D eigenvalue weighted by molar-refractivity contribution is -0.121. The number of β-amino-alcohol motifs (C(OH)–C–C–N with tert-alkyl or cyclic N) is 1. The van der Waals surface area contributed by atoms with Gasteiger partial charge in [-0.2, -0.15) is 11.3 Å². The van der Waals surface area contributed by atoms with Crippen molar-refractivity contribution in [2.24, 2.45) is 0 Å². The van der Waals surface area contributed by atoms with Gasteiger partial charge in [0.15, 0.2) is 0 Å². The van der Waals surface area contributed by atoms with Crippen LogP contribution in [-0.2, 0) is 11.2 Å². The van der Waals surface area contributed by atoms with Crippen LogP contribution in [0.4, 0.5) is 5.95 Å². The summed E-state index contributed by atoms with van der Waals surface area (Å²) in [5.41, 5.74) is 0.0596. The number of anilines is 1. The number of carbonyl (C=O) groups is 1. The normalized spacial score (nSPS) is 21.2. The summed E-state index contributed by atoms with van der Waals surface area (Å²) in [6.07, 6.45) is 5.24. The lowest BCUT2D eigenvalue weighted by Gasteiger charge is -2.39. The Bertz CT molecular complexity index is 635. The quantitative estimate of drug-likeness (QED) is 0.861. The van der Waals surface area contributed by atoms with Crippen LogP contribution in [-0.4, -0.2) is 46.2 Å². The highest BCUT2D eigenvalue weighted by Gasteiger charge is 2.34. The number of hydrogen-bond acceptors (Lipinski definition) is 6. The van der Waals surface area contributed by atoms with Gasteiger partial charge < -0.3 is 15.3 Å². The molecule has 1 saturated heterocycles. The highest BCUT2D eigenvalue weighted by Crippen LogP contribution is 2.23. The van der Waals surface area contributed by atoms with Crippen molar-refractivity contribution >= 4 is 23.2 Å². The Morgan fingerprint density at radius 2 is 2.26 bits per heavy atom. The molecule has 0 spiro atoms. The van der Waals surface area contributed by atoms with Crippen LogP contribution < -0.4 is 10.2 Å². The minimum Gasteiger partial charge on any atom is -0.386 e. The van der Waals surface area contributed by atoms with Gasteiger partial charge in [-0.25, -0.2) is 9.97 Å². The number of piperidine rings is 1. The molecule has 23 heavy (non-hydrogen) atoms. The predicted octanol–water partition coefficient (Wildman–Crippen LogP) is 1.23. The van der Waals surface area contributed by atoms with Gasteiger partial charge in [0.2, 0.25) is 11.9 Å². The smallest absolute Gasteiger partial charge is 0.225 e. The van der Waals surface area contributed by atoms with Crippen molar-refractivity contribution in [1.82, 2.24) is 15.3 Å². The van der Waals surface area contributed by atoms with E-state index in [4.69, 9.17) is 0 Å². The molecule has 1 fully saturated rings. The number of rotatable bonds is 5. The molecule has 2 N–H and O–H groups in total. The lowest BCUT2D eigenvalue weighted by Crippen LogP contribution is -2.54. The third-order valence-electron chi connectivity index (χ3n) is 3.95. The Balaban J connectivity index is 1.55. The van der Waals surface area contributed by atoms with Gasteiger partial charge in [-0.1, -0.05) is 0 Å². The van der Waals surface area contributed by atoms with E-state index >= 15 is 0 Å². The van der Waals surface area contributed by atoms with E-state index in [2.05, 4.69) is 15.3 Å². The second-order valence-electron chi connectivity index (χ2n) is 5.88. The summed E-state index contributed by atoms with van der Waals surface area (Å²) in [6.45, 7) is 1.49. The molecular weight excluding hydrogens is 312 g/mol. The number of nitrogens with one attached hydrogen (secondary N) is 1. The molecule has 0 saturated carbocycles. The van der Waals surface area contributed by atoms with Gasteiger partial charge in [0.05, 0.1) is 18.6 Å². The van der Waals surface area contributed by atoms with Crippen molar-refractivity contribution in [2.75, 3.05) is 24.5 Å². The minimum absolute atomic E-state index is 0.0649. The van der Waals surface area contributed by atoms with Crippen molar-refractivity contribution in [3.8, 4) is 0 Å². The molecule has 0 radical (unpaired) electrons.